The first-order valence-corrected chi connectivity index (χ1v) is 6.50. The smallest absolute Gasteiger partial charge is 0.357 e. The molecule has 0 aliphatic heterocycles. The molecule has 0 saturated heterocycles. The highest BCUT2D eigenvalue weighted by Crippen LogP contribution is 2.25. The van der Waals surface area contributed by atoms with Gasteiger partial charge < -0.3 is 15.4 Å². The van der Waals surface area contributed by atoms with Gasteiger partial charge in [-0.3, -0.25) is 9.48 Å². The number of rotatable bonds is 5. The van der Waals surface area contributed by atoms with Gasteiger partial charge in [0, 0.05) is 24.8 Å². The van der Waals surface area contributed by atoms with Crippen LogP contribution in [-0.2, 0) is 13.1 Å². The predicted molar refractivity (Wildman–Crippen MR) is 72.0 cm³/mol. The van der Waals surface area contributed by atoms with E-state index in [0.717, 1.165) is 12.1 Å². The highest BCUT2D eigenvalue weighted by atomic mass is 79.9. The van der Waals surface area contributed by atoms with Gasteiger partial charge in [0.1, 0.15) is 4.47 Å². The van der Waals surface area contributed by atoms with Crippen LogP contribution in [0.15, 0.2) is 16.9 Å². The largest absolute Gasteiger partial charge is 0.358 e. The van der Waals surface area contributed by atoms with Crippen molar-refractivity contribution in [2.45, 2.75) is 20.0 Å². The van der Waals surface area contributed by atoms with Crippen LogP contribution in [-0.4, -0.2) is 30.8 Å². The van der Waals surface area contributed by atoms with Gasteiger partial charge >= 0.3 is 5.82 Å². The molecule has 0 radical (unpaired) electrons. The number of aromatic amines is 1. The summed E-state index contributed by atoms with van der Waals surface area (Å²) in [5.74, 6) is -0.862. The van der Waals surface area contributed by atoms with Crippen molar-refractivity contribution in [2.75, 3.05) is 0 Å². The SMILES string of the molecule is CCn1cc(CNC(=O)c2n[nH]c([N+](=O)[O-])c2Br)cn1. The number of hydrogen-bond acceptors (Lipinski definition) is 5. The summed E-state index contributed by atoms with van der Waals surface area (Å²) in [5, 5.41) is 23.1. The second-order valence-corrected chi connectivity index (χ2v) is 4.67. The van der Waals surface area contributed by atoms with E-state index in [1.165, 1.54) is 0 Å². The lowest BCUT2D eigenvalue weighted by atomic mass is 10.3. The second kappa shape index (κ2) is 5.82. The van der Waals surface area contributed by atoms with Crippen molar-refractivity contribution in [1.29, 1.82) is 0 Å². The maximum absolute atomic E-state index is 11.9. The topological polar surface area (TPSA) is 119 Å². The Hall–Kier alpha value is -2.23. The van der Waals surface area contributed by atoms with E-state index in [9.17, 15) is 14.9 Å². The van der Waals surface area contributed by atoms with Crippen LogP contribution in [0.1, 0.15) is 23.0 Å². The molecule has 20 heavy (non-hydrogen) atoms. The van der Waals surface area contributed by atoms with Gasteiger partial charge in [-0.25, -0.2) is 0 Å². The average Bonchev–Trinajstić information content (AvgIpc) is 3.02. The van der Waals surface area contributed by atoms with E-state index in [4.69, 9.17) is 0 Å². The maximum atomic E-state index is 11.9. The fourth-order valence-corrected chi connectivity index (χ4v) is 2.03. The minimum atomic E-state index is -0.654. The van der Waals surface area contributed by atoms with E-state index < -0.39 is 10.8 Å². The molecule has 2 aromatic heterocycles. The highest BCUT2D eigenvalue weighted by Gasteiger charge is 2.24. The van der Waals surface area contributed by atoms with Gasteiger partial charge in [0.05, 0.1) is 6.20 Å². The molecule has 0 unspecified atom stereocenters. The van der Waals surface area contributed by atoms with E-state index in [1.807, 2.05) is 13.1 Å². The van der Waals surface area contributed by atoms with Crippen molar-refractivity contribution in [1.82, 2.24) is 25.3 Å². The van der Waals surface area contributed by atoms with Crippen molar-refractivity contribution in [3.63, 3.8) is 0 Å². The first kappa shape index (κ1) is 14.2. The molecule has 0 aromatic carbocycles. The molecule has 0 aliphatic carbocycles. The number of aromatic nitrogens is 4. The molecular formula is C10H11BrN6O3. The minimum absolute atomic E-state index is 0.0317. The van der Waals surface area contributed by atoms with Crippen LogP contribution >= 0.6 is 15.9 Å². The third kappa shape index (κ3) is 2.85. The number of nitro groups is 1. The van der Waals surface area contributed by atoms with Gasteiger partial charge in [0.15, 0.2) is 5.69 Å². The van der Waals surface area contributed by atoms with E-state index >= 15 is 0 Å². The molecule has 2 N–H and O–H groups in total. The van der Waals surface area contributed by atoms with Gasteiger partial charge in [-0.2, -0.15) is 5.10 Å². The Labute approximate surface area is 121 Å². The lowest BCUT2D eigenvalue weighted by molar-refractivity contribution is -0.390. The number of H-pyrrole nitrogens is 1. The van der Waals surface area contributed by atoms with Gasteiger partial charge in [-0.05, 0) is 27.8 Å². The summed E-state index contributed by atoms with van der Waals surface area (Å²) in [6.45, 7) is 2.96. The molecule has 106 valence electrons. The fraction of sp³-hybridized carbons (Fsp3) is 0.300. The summed E-state index contributed by atoms with van der Waals surface area (Å²) in [6, 6.07) is 0. The number of carbonyl (C=O) groups is 1. The first-order chi connectivity index (χ1) is 9.52. The number of carbonyl (C=O) groups excluding carboxylic acids is 1. The molecular weight excluding hydrogens is 332 g/mol. The normalized spacial score (nSPS) is 10.5. The zero-order valence-corrected chi connectivity index (χ0v) is 12.0. The minimum Gasteiger partial charge on any atom is -0.358 e. The second-order valence-electron chi connectivity index (χ2n) is 3.88. The zero-order chi connectivity index (χ0) is 14.7. The van der Waals surface area contributed by atoms with E-state index in [0.29, 0.717) is 0 Å². The Morgan fingerprint density at radius 2 is 2.40 bits per heavy atom. The summed E-state index contributed by atoms with van der Waals surface area (Å²) in [5.41, 5.74) is 0.779. The van der Waals surface area contributed by atoms with Crippen molar-refractivity contribution < 1.29 is 9.72 Å². The third-order valence-electron chi connectivity index (χ3n) is 2.55. The van der Waals surface area contributed by atoms with Crippen LogP contribution in [0, 0.1) is 10.1 Å². The first-order valence-electron chi connectivity index (χ1n) is 5.70. The molecule has 0 saturated carbocycles. The standard InChI is InChI=1S/C10H11BrN6O3/c1-2-16-5-6(4-13-16)3-12-10(18)8-7(11)9(15-14-8)17(19)20/h4-5H,2-3H2,1H3,(H,12,18)(H,14,15). The molecule has 2 rings (SSSR count). The third-order valence-corrected chi connectivity index (χ3v) is 3.30. The van der Waals surface area contributed by atoms with Crippen LogP contribution in [0.2, 0.25) is 0 Å². The molecule has 0 bridgehead atoms. The zero-order valence-electron chi connectivity index (χ0n) is 10.5. The summed E-state index contributed by atoms with van der Waals surface area (Å²) in [7, 11) is 0. The molecule has 0 atom stereocenters. The van der Waals surface area contributed by atoms with Crippen LogP contribution in [0.3, 0.4) is 0 Å². The average molecular weight is 343 g/mol. The molecule has 9 nitrogen and oxygen atoms in total. The predicted octanol–water partition coefficient (Wildman–Crippen LogP) is 1.23. The number of nitrogens with one attached hydrogen (secondary N) is 2. The van der Waals surface area contributed by atoms with Crippen molar-refractivity contribution in [3.8, 4) is 0 Å². The summed E-state index contributed by atoms with van der Waals surface area (Å²) < 4.78 is 1.76. The molecule has 0 aliphatic rings. The lowest BCUT2D eigenvalue weighted by Crippen LogP contribution is -2.23. The van der Waals surface area contributed by atoms with Crippen molar-refractivity contribution in [2.24, 2.45) is 0 Å². The number of nitrogens with zero attached hydrogens (tertiary/aromatic N) is 4. The molecule has 2 aromatic rings. The van der Waals surface area contributed by atoms with Crippen molar-refractivity contribution >= 4 is 27.7 Å². The van der Waals surface area contributed by atoms with Crippen LogP contribution in [0.25, 0.3) is 0 Å². The number of halogens is 1. The maximum Gasteiger partial charge on any atom is 0.357 e. The molecule has 10 heteroatoms. The molecule has 0 spiro atoms. The number of aryl methyl sites for hydroxylation is 1. The molecule has 0 fully saturated rings. The summed E-state index contributed by atoms with van der Waals surface area (Å²) in [4.78, 5) is 21.9. The van der Waals surface area contributed by atoms with E-state index in [1.54, 1.807) is 10.9 Å². The lowest BCUT2D eigenvalue weighted by Gasteiger charge is -2.00. The number of hydrogen-bond donors (Lipinski definition) is 2. The van der Waals surface area contributed by atoms with Crippen LogP contribution in [0.5, 0.6) is 0 Å². The van der Waals surface area contributed by atoms with Gasteiger partial charge in [0.2, 0.25) is 0 Å². The summed E-state index contributed by atoms with van der Waals surface area (Å²) >= 11 is 2.98. The van der Waals surface area contributed by atoms with E-state index in [-0.39, 0.29) is 22.5 Å². The monoisotopic (exact) mass is 342 g/mol. The van der Waals surface area contributed by atoms with E-state index in [2.05, 4.69) is 36.5 Å². The Morgan fingerprint density at radius 3 is 2.95 bits per heavy atom. The highest BCUT2D eigenvalue weighted by molar-refractivity contribution is 9.10. The van der Waals surface area contributed by atoms with Crippen molar-refractivity contribution in [3.05, 3.63) is 38.2 Å². The molecule has 1 amide bonds. The molecule has 2 heterocycles. The number of amides is 1. The van der Waals surface area contributed by atoms with Gasteiger partial charge in [-0.15, -0.1) is 5.10 Å². The Balaban J connectivity index is 2.03. The van der Waals surface area contributed by atoms with Gasteiger partial charge in [0.25, 0.3) is 5.91 Å². The van der Waals surface area contributed by atoms with Crippen LogP contribution in [0.4, 0.5) is 5.82 Å². The quantitative estimate of drug-likeness (QED) is 0.625. The van der Waals surface area contributed by atoms with Crippen LogP contribution < -0.4 is 5.32 Å². The van der Waals surface area contributed by atoms with Gasteiger partial charge in [-0.1, -0.05) is 5.10 Å². The summed E-state index contributed by atoms with van der Waals surface area (Å²) in [6.07, 6.45) is 3.45. The fourth-order valence-electron chi connectivity index (χ4n) is 1.53. The Kier molecular flexibility index (Phi) is 4.13. The Bertz CT molecular complexity index is 649. The Morgan fingerprint density at radius 1 is 1.65 bits per heavy atom.